The molecular weight excluding hydrogens is 524 g/mol. The Morgan fingerprint density at radius 2 is 1.03 bits per heavy atom. The molecule has 0 radical (unpaired) electrons. The second kappa shape index (κ2) is 15.0. The Kier molecular flexibility index (Phi) is 14.1. The predicted molar refractivity (Wildman–Crippen MR) is 128 cm³/mol. The summed E-state index contributed by atoms with van der Waals surface area (Å²) in [6.45, 7) is 3.56. The van der Waals surface area contributed by atoms with Gasteiger partial charge in [0.15, 0.2) is 4.30 Å². The summed E-state index contributed by atoms with van der Waals surface area (Å²) in [5, 5.41) is 24.2. The first-order valence-electron chi connectivity index (χ1n) is 8.92. The summed E-state index contributed by atoms with van der Waals surface area (Å²) in [6, 6.07) is 18.0. The van der Waals surface area contributed by atoms with Gasteiger partial charge in [0, 0.05) is 12.4 Å². The number of alkyl halides is 3. The minimum Gasteiger partial charge on any atom is -0.872 e. The molecule has 0 aromatic heterocycles. The van der Waals surface area contributed by atoms with Crippen LogP contribution in [0.15, 0.2) is 70.6 Å². The minimum absolute atomic E-state index is 0. The molecule has 0 saturated heterocycles. The number of rotatable bonds is 4. The van der Waals surface area contributed by atoms with Crippen LogP contribution in [0.5, 0.6) is 11.5 Å². The van der Waals surface area contributed by atoms with Gasteiger partial charge in [-0.3, -0.25) is 9.98 Å². The minimum atomic E-state index is -0.750. The van der Waals surface area contributed by atoms with Crippen LogP contribution in [-0.2, 0) is 25.0 Å². The van der Waals surface area contributed by atoms with Gasteiger partial charge in [0.05, 0.1) is 11.4 Å². The van der Waals surface area contributed by atoms with Crippen molar-refractivity contribution in [3.8, 4) is 11.5 Å². The summed E-state index contributed by atoms with van der Waals surface area (Å²) in [7, 11) is 0. The molecule has 0 aliphatic heterocycles. The molecule has 9 heteroatoms. The first-order chi connectivity index (χ1) is 14.3. The summed E-state index contributed by atoms with van der Waals surface area (Å²) in [5.74, 6) is -0.0685. The molecule has 0 amide bonds. The van der Waals surface area contributed by atoms with Crippen LogP contribution in [-0.4, -0.2) is 16.7 Å². The fourth-order valence-corrected chi connectivity index (χ4v) is 2.51. The van der Waals surface area contributed by atoms with Crippen LogP contribution < -0.4 is 10.2 Å². The van der Waals surface area contributed by atoms with E-state index in [1.54, 1.807) is 50.5 Å². The van der Waals surface area contributed by atoms with E-state index in [9.17, 15) is 10.2 Å². The Morgan fingerprint density at radius 3 is 1.38 bits per heavy atom. The maximum absolute atomic E-state index is 12.1. The summed E-state index contributed by atoms with van der Waals surface area (Å²) in [5.41, 5.74) is 3.69. The zero-order chi connectivity index (χ0) is 22.1. The van der Waals surface area contributed by atoms with E-state index in [-0.39, 0.29) is 36.5 Å². The zero-order valence-electron chi connectivity index (χ0n) is 17.6. The molecule has 3 aromatic rings. The van der Waals surface area contributed by atoms with Crippen LogP contribution in [0, 0.1) is 13.8 Å². The van der Waals surface area contributed by atoms with Crippen LogP contribution in [0.3, 0.4) is 0 Å². The molecule has 5 nitrogen and oxygen atoms in total. The molecular formula is C23H22Cl3N2O3Zn+. The normalized spacial score (nSPS) is 10.4. The van der Waals surface area contributed by atoms with Gasteiger partial charge in [-0.15, -0.1) is 0 Å². The van der Waals surface area contributed by atoms with E-state index in [4.69, 9.17) is 34.8 Å². The summed E-state index contributed by atoms with van der Waals surface area (Å²) >= 11 is 14.4. The van der Waals surface area contributed by atoms with E-state index >= 15 is 0 Å². The number of hydrogen-bond acceptors (Lipinski definition) is 4. The van der Waals surface area contributed by atoms with E-state index in [0.717, 1.165) is 0 Å². The largest absolute Gasteiger partial charge is 2.00 e. The fourth-order valence-electron chi connectivity index (χ4n) is 2.51. The van der Waals surface area contributed by atoms with E-state index in [1.807, 2.05) is 36.4 Å². The summed E-state index contributed by atoms with van der Waals surface area (Å²) < 4.78 is -0.750. The number of para-hydroxylation sites is 4. The molecule has 3 rings (SSSR count). The van der Waals surface area contributed by atoms with Gasteiger partial charge in [-0.25, -0.2) is 0 Å². The second-order valence-electron chi connectivity index (χ2n) is 6.24. The van der Waals surface area contributed by atoms with Crippen molar-refractivity contribution in [2.75, 3.05) is 0 Å². The molecule has 0 atom stereocenters. The number of aliphatic imine (C=N–C) groups is 2. The Labute approximate surface area is 215 Å². The third kappa shape index (κ3) is 9.27. The standard InChI is InChI=1S/C22H20N2O2.CHCl3.H2O.Zn/c1-15-7-5-9-17(21(15)25)13-23-19-11-3-4-12-20(19)24-14-18-10-6-8-16(2)22(18)26;2-1(3)4;;/h3-14,25-26H,1-2H3;1H;1H2;/q;;;+2/p-1. The number of nitrogens with zero attached hydrogens (tertiary/aromatic N) is 2. The smallest absolute Gasteiger partial charge is 0.872 e. The first kappa shape index (κ1) is 30.1. The van der Waals surface area contributed by atoms with E-state index in [1.165, 1.54) is 0 Å². The number of aryl methyl sites for hydroxylation is 2. The first-order valence-corrected chi connectivity index (χ1v) is 10.2. The number of hydrogen-bond donors (Lipinski definition) is 0. The van der Waals surface area contributed by atoms with Crippen molar-refractivity contribution in [3.63, 3.8) is 0 Å². The fraction of sp³-hybridized carbons (Fsp3) is 0.130. The van der Waals surface area contributed by atoms with E-state index < -0.39 is 4.30 Å². The van der Waals surface area contributed by atoms with Crippen molar-refractivity contribution in [1.29, 1.82) is 0 Å². The maximum atomic E-state index is 12.1. The molecule has 164 valence electrons. The average molecular weight is 546 g/mol. The molecule has 0 aliphatic rings. The molecule has 0 aliphatic carbocycles. The van der Waals surface area contributed by atoms with Crippen molar-refractivity contribution in [2.45, 2.75) is 18.1 Å². The third-order valence-electron chi connectivity index (χ3n) is 4.05. The van der Waals surface area contributed by atoms with Gasteiger partial charge in [-0.05, 0) is 37.1 Å². The van der Waals surface area contributed by atoms with Gasteiger partial charge in [-0.1, -0.05) is 106 Å². The molecule has 0 fully saturated rings. The van der Waals surface area contributed by atoms with Crippen molar-refractivity contribution in [2.24, 2.45) is 9.98 Å². The maximum Gasteiger partial charge on any atom is 2.00 e. The monoisotopic (exact) mass is 543 g/mol. The topological polar surface area (TPSA) is 104 Å². The van der Waals surface area contributed by atoms with E-state index in [0.29, 0.717) is 33.6 Å². The third-order valence-corrected chi connectivity index (χ3v) is 4.05. The van der Waals surface area contributed by atoms with Crippen LogP contribution in [0.1, 0.15) is 22.3 Å². The number of halogens is 3. The van der Waals surface area contributed by atoms with Gasteiger partial charge in [0.1, 0.15) is 0 Å². The Bertz CT molecular complexity index is 977. The van der Waals surface area contributed by atoms with Crippen LogP contribution in [0.4, 0.5) is 11.4 Å². The molecule has 0 heterocycles. The van der Waals surface area contributed by atoms with Gasteiger partial charge in [-0.2, -0.15) is 0 Å². The van der Waals surface area contributed by atoms with Gasteiger partial charge >= 0.3 is 19.5 Å². The molecule has 3 aromatic carbocycles. The second-order valence-corrected chi connectivity index (χ2v) is 8.22. The Balaban J connectivity index is 0.00000148. The van der Waals surface area contributed by atoms with Gasteiger partial charge in [0.2, 0.25) is 0 Å². The van der Waals surface area contributed by atoms with E-state index in [2.05, 4.69) is 9.98 Å². The van der Waals surface area contributed by atoms with Crippen molar-refractivity contribution in [1.82, 2.24) is 0 Å². The Morgan fingerprint density at radius 1 is 0.688 bits per heavy atom. The molecule has 3 N–H and O–H groups in total. The van der Waals surface area contributed by atoms with Crippen LogP contribution >= 0.6 is 34.8 Å². The zero-order valence-corrected chi connectivity index (χ0v) is 22.9. The quantitative estimate of drug-likeness (QED) is 0.199. The molecule has 32 heavy (non-hydrogen) atoms. The molecule has 0 saturated carbocycles. The molecule has 0 unspecified atom stereocenters. The van der Waals surface area contributed by atoms with Crippen molar-refractivity contribution >= 4 is 58.6 Å². The average Bonchev–Trinajstić information content (AvgIpc) is 2.70. The molecule has 0 spiro atoms. The number of benzene rings is 3. The van der Waals surface area contributed by atoms with Crippen molar-refractivity contribution in [3.05, 3.63) is 82.9 Å². The summed E-state index contributed by atoms with van der Waals surface area (Å²) in [6.07, 6.45) is 3.10. The van der Waals surface area contributed by atoms with Gasteiger partial charge < -0.3 is 15.7 Å². The Hall–Kier alpha value is -1.95. The van der Waals surface area contributed by atoms with Crippen LogP contribution in [0.2, 0.25) is 0 Å². The molecule has 0 bridgehead atoms. The SMILES string of the molecule is Cc1cccc(C=Nc2ccccc2N=Cc2cccc(C)c2[O-])c1[O-].ClC(Cl)Cl.[OH3+].[Zn+2]. The van der Waals surface area contributed by atoms with Crippen molar-refractivity contribution < 1.29 is 35.2 Å². The van der Waals surface area contributed by atoms with Gasteiger partial charge in [0.25, 0.3) is 0 Å². The summed E-state index contributed by atoms with van der Waals surface area (Å²) in [4.78, 5) is 8.83. The van der Waals surface area contributed by atoms with Crippen LogP contribution in [0.25, 0.3) is 0 Å². The predicted octanol–water partition coefficient (Wildman–Crippen LogP) is 5.01.